The molecule has 1 aromatic carbocycles. The summed E-state index contributed by atoms with van der Waals surface area (Å²) >= 11 is 0. The fourth-order valence-electron chi connectivity index (χ4n) is 3.47. The summed E-state index contributed by atoms with van der Waals surface area (Å²) in [7, 11) is 0. The lowest BCUT2D eigenvalue weighted by Gasteiger charge is -2.19. The summed E-state index contributed by atoms with van der Waals surface area (Å²) in [6.45, 7) is 0.0570. The molecule has 2 fully saturated rings. The van der Waals surface area contributed by atoms with Crippen LogP contribution in [0.15, 0.2) is 24.3 Å². The van der Waals surface area contributed by atoms with Crippen LogP contribution in [0, 0.1) is 23.2 Å². The zero-order valence-corrected chi connectivity index (χ0v) is 13.2. The smallest absolute Gasteiger partial charge is 0.312 e. The van der Waals surface area contributed by atoms with Crippen LogP contribution >= 0.6 is 0 Å². The minimum atomic E-state index is -0.527. The van der Waals surface area contributed by atoms with Gasteiger partial charge in [0, 0.05) is 6.54 Å². The number of amides is 2. The van der Waals surface area contributed by atoms with Crippen LogP contribution in [0.25, 0.3) is 0 Å². The molecule has 0 bridgehead atoms. The summed E-state index contributed by atoms with van der Waals surface area (Å²) in [6, 6.07) is 8.26. The van der Waals surface area contributed by atoms with Gasteiger partial charge in [-0.3, -0.25) is 19.3 Å². The lowest BCUT2D eigenvalue weighted by Crippen LogP contribution is -2.33. The van der Waals surface area contributed by atoms with E-state index in [9.17, 15) is 14.4 Å². The number of nitriles is 1. The summed E-state index contributed by atoms with van der Waals surface area (Å²) in [5.41, 5.74) is 0.397. The summed E-state index contributed by atoms with van der Waals surface area (Å²) < 4.78 is 5.17. The summed E-state index contributed by atoms with van der Waals surface area (Å²) in [4.78, 5) is 37.8. The number of benzene rings is 1. The van der Waals surface area contributed by atoms with Gasteiger partial charge >= 0.3 is 5.97 Å². The molecule has 0 spiro atoms. The first-order valence-corrected chi connectivity index (χ1v) is 8.16. The average molecular weight is 326 g/mol. The van der Waals surface area contributed by atoms with Crippen molar-refractivity contribution >= 4 is 17.8 Å². The number of hydrogen-bond acceptors (Lipinski definition) is 5. The highest BCUT2D eigenvalue weighted by molar-refractivity contribution is 6.05. The zero-order chi connectivity index (χ0) is 17.1. The maximum atomic E-state index is 12.3. The van der Waals surface area contributed by atoms with Crippen LogP contribution in [-0.4, -0.2) is 29.2 Å². The second-order valence-corrected chi connectivity index (χ2v) is 6.19. The van der Waals surface area contributed by atoms with E-state index >= 15 is 0 Å². The molecule has 0 radical (unpaired) electrons. The Labute approximate surface area is 140 Å². The first-order chi connectivity index (χ1) is 11.6. The van der Waals surface area contributed by atoms with Gasteiger partial charge in [0.05, 0.1) is 29.9 Å². The van der Waals surface area contributed by atoms with Gasteiger partial charge in [-0.15, -0.1) is 0 Å². The molecule has 2 amide bonds. The molecule has 3 rings (SSSR count). The monoisotopic (exact) mass is 326 g/mol. The zero-order valence-electron chi connectivity index (χ0n) is 13.2. The Balaban J connectivity index is 1.57. The van der Waals surface area contributed by atoms with Crippen LogP contribution in [0.1, 0.15) is 37.7 Å². The third-order valence-corrected chi connectivity index (χ3v) is 4.67. The van der Waals surface area contributed by atoms with Gasteiger partial charge in [0.25, 0.3) is 0 Å². The Morgan fingerprint density at radius 2 is 1.88 bits per heavy atom. The van der Waals surface area contributed by atoms with Gasteiger partial charge < -0.3 is 4.74 Å². The molecule has 0 N–H and O–H groups in total. The second kappa shape index (κ2) is 6.83. The van der Waals surface area contributed by atoms with Gasteiger partial charge in [0.15, 0.2) is 0 Å². The molecule has 1 heterocycles. The van der Waals surface area contributed by atoms with Gasteiger partial charge in [0.1, 0.15) is 5.75 Å². The minimum absolute atomic E-state index is 0.0479. The number of rotatable bonds is 4. The largest absolute Gasteiger partial charge is 0.426 e. The van der Waals surface area contributed by atoms with Crippen LogP contribution in [-0.2, 0) is 14.4 Å². The van der Waals surface area contributed by atoms with E-state index in [0.717, 1.165) is 25.7 Å². The number of imide groups is 1. The normalized spacial score (nSPS) is 22.9. The molecule has 1 saturated carbocycles. The van der Waals surface area contributed by atoms with E-state index in [2.05, 4.69) is 0 Å². The standard InChI is InChI=1S/C18H18N2O4/c19-11-12-4-3-5-13(10-12)24-16(21)8-9-20-17(22)14-6-1-2-7-15(14)18(20)23/h3-5,10,14-15H,1-2,6-9H2/t14-,15-/m1/s1. The van der Waals surface area contributed by atoms with Crippen LogP contribution < -0.4 is 4.74 Å². The molecule has 0 aromatic heterocycles. The molecular weight excluding hydrogens is 308 g/mol. The van der Waals surface area contributed by atoms with Crippen LogP contribution in [0.4, 0.5) is 0 Å². The third-order valence-electron chi connectivity index (χ3n) is 4.67. The molecule has 0 unspecified atom stereocenters. The second-order valence-electron chi connectivity index (χ2n) is 6.19. The summed E-state index contributed by atoms with van der Waals surface area (Å²) in [5.74, 6) is -0.940. The molecule has 2 atom stereocenters. The molecule has 1 aromatic rings. The molecule has 2 aliphatic rings. The SMILES string of the molecule is N#Cc1cccc(OC(=O)CCN2C(=O)[C@@H]3CCCC[C@H]3C2=O)c1. The van der Waals surface area contributed by atoms with E-state index in [1.54, 1.807) is 18.2 Å². The van der Waals surface area contributed by atoms with Crippen molar-refractivity contribution in [1.82, 2.24) is 4.90 Å². The van der Waals surface area contributed by atoms with E-state index in [1.165, 1.54) is 11.0 Å². The number of carbonyl (C=O) groups excluding carboxylic acids is 3. The minimum Gasteiger partial charge on any atom is -0.426 e. The molecule has 6 heteroatoms. The van der Waals surface area contributed by atoms with E-state index in [4.69, 9.17) is 10.00 Å². The Morgan fingerprint density at radius 1 is 1.21 bits per heavy atom. The molecule has 6 nitrogen and oxygen atoms in total. The molecular formula is C18H18N2O4. The van der Waals surface area contributed by atoms with Crippen LogP contribution in [0.3, 0.4) is 0 Å². The molecule has 1 aliphatic heterocycles. The summed E-state index contributed by atoms with van der Waals surface area (Å²) in [6.07, 6.45) is 3.43. The third kappa shape index (κ3) is 3.16. The highest BCUT2D eigenvalue weighted by Gasteiger charge is 2.47. The highest BCUT2D eigenvalue weighted by atomic mass is 16.5. The van der Waals surface area contributed by atoms with Crippen molar-refractivity contribution in [1.29, 1.82) is 5.26 Å². The first-order valence-electron chi connectivity index (χ1n) is 8.16. The number of carbonyl (C=O) groups is 3. The lowest BCUT2D eigenvalue weighted by atomic mass is 9.81. The maximum absolute atomic E-state index is 12.3. The van der Waals surface area contributed by atoms with Crippen molar-refractivity contribution in [2.45, 2.75) is 32.1 Å². The Bertz CT molecular complexity index is 698. The van der Waals surface area contributed by atoms with E-state index < -0.39 is 5.97 Å². The molecule has 124 valence electrons. The average Bonchev–Trinajstić information content (AvgIpc) is 2.84. The predicted molar refractivity (Wildman–Crippen MR) is 83.6 cm³/mol. The maximum Gasteiger partial charge on any atom is 0.312 e. The molecule has 1 aliphatic carbocycles. The van der Waals surface area contributed by atoms with Crippen molar-refractivity contribution in [3.63, 3.8) is 0 Å². The summed E-state index contributed by atoms with van der Waals surface area (Å²) in [5, 5.41) is 8.83. The topological polar surface area (TPSA) is 87.5 Å². The quantitative estimate of drug-likeness (QED) is 0.480. The number of nitrogens with zero attached hydrogens (tertiary/aromatic N) is 2. The van der Waals surface area contributed by atoms with Crippen LogP contribution in [0.5, 0.6) is 5.75 Å². The Morgan fingerprint density at radius 3 is 2.50 bits per heavy atom. The number of fused-ring (bicyclic) bond motifs is 1. The Kier molecular flexibility index (Phi) is 4.61. The number of hydrogen-bond donors (Lipinski definition) is 0. The van der Waals surface area contributed by atoms with E-state index in [-0.39, 0.29) is 42.4 Å². The van der Waals surface area contributed by atoms with Gasteiger partial charge in [-0.2, -0.15) is 5.26 Å². The number of ether oxygens (including phenoxy) is 1. The van der Waals surface area contributed by atoms with E-state index in [1.807, 2.05) is 6.07 Å². The van der Waals surface area contributed by atoms with Gasteiger partial charge in [-0.05, 0) is 31.0 Å². The van der Waals surface area contributed by atoms with E-state index in [0.29, 0.717) is 5.56 Å². The fourth-order valence-corrected chi connectivity index (χ4v) is 3.47. The first kappa shape index (κ1) is 16.2. The van der Waals surface area contributed by atoms with Gasteiger partial charge in [-0.25, -0.2) is 0 Å². The van der Waals surface area contributed by atoms with Gasteiger partial charge in [-0.1, -0.05) is 18.9 Å². The van der Waals surface area contributed by atoms with Crippen molar-refractivity contribution in [3.8, 4) is 11.8 Å². The molecule has 24 heavy (non-hydrogen) atoms. The van der Waals surface area contributed by atoms with Crippen molar-refractivity contribution in [2.24, 2.45) is 11.8 Å². The number of likely N-dealkylation sites (tertiary alicyclic amines) is 1. The lowest BCUT2D eigenvalue weighted by molar-refractivity contribution is -0.141. The Hall–Kier alpha value is -2.68. The van der Waals surface area contributed by atoms with Crippen molar-refractivity contribution < 1.29 is 19.1 Å². The van der Waals surface area contributed by atoms with Crippen molar-refractivity contribution in [2.75, 3.05) is 6.54 Å². The van der Waals surface area contributed by atoms with Gasteiger partial charge in [0.2, 0.25) is 11.8 Å². The fraction of sp³-hybridized carbons (Fsp3) is 0.444. The van der Waals surface area contributed by atoms with Crippen molar-refractivity contribution in [3.05, 3.63) is 29.8 Å². The van der Waals surface area contributed by atoms with Crippen LogP contribution in [0.2, 0.25) is 0 Å². The predicted octanol–water partition coefficient (Wildman–Crippen LogP) is 2.03. The number of esters is 1. The highest BCUT2D eigenvalue weighted by Crippen LogP contribution is 2.37. The molecule has 1 saturated heterocycles.